The molecule has 0 saturated heterocycles. The number of hydrogen-bond donors (Lipinski definition) is 1. The average Bonchev–Trinajstić information content (AvgIpc) is 3.33. The first-order valence-corrected chi connectivity index (χ1v) is 9.81. The Hall–Kier alpha value is -3.46. The van der Waals surface area contributed by atoms with E-state index in [4.69, 9.17) is 16.1 Å². The minimum Gasteiger partial charge on any atom is -0.352 e. The maximum atomic E-state index is 12.7. The molecule has 0 bridgehead atoms. The lowest BCUT2D eigenvalue weighted by molar-refractivity contribution is -0.122. The lowest BCUT2D eigenvalue weighted by Gasteiger charge is -2.10. The van der Waals surface area contributed by atoms with E-state index < -0.39 is 5.69 Å². The molecule has 0 saturated carbocycles. The van der Waals surface area contributed by atoms with Gasteiger partial charge in [-0.2, -0.15) is 4.98 Å². The molecule has 0 fully saturated rings. The van der Waals surface area contributed by atoms with E-state index in [1.54, 1.807) is 36.5 Å². The van der Waals surface area contributed by atoms with E-state index in [1.165, 1.54) is 4.40 Å². The van der Waals surface area contributed by atoms with Crippen molar-refractivity contribution in [1.82, 2.24) is 29.6 Å². The molecule has 3 aromatic heterocycles. The molecule has 0 spiro atoms. The fraction of sp³-hybridized carbons (Fsp3) is 0.250. The number of carbonyl (C=O) groups excluding carboxylic acids is 1. The quantitative estimate of drug-likeness (QED) is 0.508. The van der Waals surface area contributed by atoms with Crippen LogP contribution in [0.1, 0.15) is 20.3 Å². The summed E-state index contributed by atoms with van der Waals surface area (Å²) >= 11 is 6.03. The third-order valence-corrected chi connectivity index (χ3v) is 4.90. The number of hydrogen-bond acceptors (Lipinski definition) is 6. The molecule has 30 heavy (non-hydrogen) atoms. The highest BCUT2D eigenvalue weighted by molar-refractivity contribution is 6.30. The predicted molar refractivity (Wildman–Crippen MR) is 111 cm³/mol. The van der Waals surface area contributed by atoms with E-state index in [0.29, 0.717) is 27.6 Å². The van der Waals surface area contributed by atoms with Crippen molar-refractivity contribution in [3.8, 4) is 22.8 Å². The lowest BCUT2D eigenvalue weighted by Crippen LogP contribution is -2.37. The second-order valence-electron chi connectivity index (χ2n) is 6.87. The highest BCUT2D eigenvalue weighted by Gasteiger charge is 2.19. The zero-order valence-corrected chi connectivity index (χ0v) is 17.1. The van der Waals surface area contributed by atoms with Crippen molar-refractivity contribution in [2.45, 2.75) is 32.9 Å². The molecule has 1 amide bonds. The summed E-state index contributed by atoms with van der Waals surface area (Å²) in [5.74, 6) is 0.290. The number of nitrogens with zero attached hydrogens (tertiary/aromatic N) is 5. The maximum Gasteiger partial charge on any atom is 0.350 e. The van der Waals surface area contributed by atoms with Gasteiger partial charge >= 0.3 is 5.69 Å². The Labute approximate surface area is 176 Å². The van der Waals surface area contributed by atoms with Crippen LogP contribution in [0.25, 0.3) is 28.5 Å². The minimum atomic E-state index is -0.430. The van der Waals surface area contributed by atoms with Crippen LogP contribution in [-0.4, -0.2) is 36.3 Å². The number of carbonyl (C=O) groups is 1. The summed E-state index contributed by atoms with van der Waals surface area (Å²) in [6.45, 7) is 3.69. The molecule has 4 aromatic rings. The van der Waals surface area contributed by atoms with Gasteiger partial charge in [0, 0.05) is 22.8 Å². The number of pyridine rings is 1. The summed E-state index contributed by atoms with van der Waals surface area (Å²) in [6.07, 6.45) is 2.37. The molecular weight excluding hydrogens is 408 g/mol. The number of benzene rings is 1. The van der Waals surface area contributed by atoms with Crippen molar-refractivity contribution in [1.29, 1.82) is 0 Å². The van der Waals surface area contributed by atoms with Gasteiger partial charge in [0.25, 0.3) is 5.89 Å². The predicted octanol–water partition coefficient (Wildman–Crippen LogP) is 2.78. The Morgan fingerprint density at radius 2 is 2.13 bits per heavy atom. The largest absolute Gasteiger partial charge is 0.352 e. The highest BCUT2D eigenvalue weighted by Crippen LogP contribution is 2.25. The molecule has 1 atom stereocenters. The van der Waals surface area contributed by atoms with Crippen molar-refractivity contribution in [2.24, 2.45) is 0 Å². The van der Waals surface area contributed by atoms with Crippen LogP contribution in [0, 0.1) is 0 Å². The Morgan fingerprint density at radius 3 is 2.90 bits per heavy atom. The van der Waals surface area contributed by atoms with Crippen molar-refractivity contribution < 1.29 is 9.32 Å². The fourth-order valence-electron chi connectivity index (χ4n) is 2.94. The standard InChI is InChI=1S/C20H19ClN6O3/c1-3-12(2)22-16(28)11-27-20(29)26-9-5-8-15(18(26)24-27)19-23-17(25-30-19)13-6-4-7-14(21)10-13/h4-10,12H,3,11H2,1-2H3,(H,22,28). The normalized spacial score (nSPS) is 12.2. The Morgan fingerprint density at radius 1 is 1.30 bits per heavy atom. The summed E-state index contributed by atoms with van der Waals surface area (Å²) < 4.78 is 7.86. The monoisotopic (exact) mass is 426 g/mol. The Bertz CT molecular complexity index is 1280. The van der Waals surface area contributed by atoms with Crippen LogP contribution < -0.4 is 11.0 Å². The molecule has 3 heterocycles. The number of nitrogens with one attached hydrogen (secondary N) is 1. The van der Waals surface area contributed by atoms with E-state index in [2.05, 4.69) is 20.6 Å². The van der Waals surface area contributed by atoms with Gasteiger partial charge < -0.3 is 9.84 Å². The molecule has 1 aromatic carbocycles. The van der Waals surface area contributed by atoms with Gasteiger partial charge in [-0.3, -0.25) is 4.79 Å². The van der Waals surface area contributed by atoms with Crippen LogP contribution in [0.4, 0.5) is 0 Å². The summed E-state index contributed by atoms with van der Waals surface area (Å²) in [4.78, 5) is 29.3. The topological polar surface area (TPSA) is 107 Å². The first-order valence-electron chi connectivity index (χ1n) is 9.44. The summed E-state index contributed by atoms with van der Waals surface area (Å²) in [6, 6.07) is 10.5. The molecule has 0 aliphatic rings. The van der Waals surface area contributed by atoms with Gasteiger partial charge in [-0.1, -0.05) is 35.8 Å². The third kappa shape index (κ3) is 3.84. The van der Waals surface area contributed by atoms with E-state index in [0.717, 1.165) is 11.1 Å². The molecule has 9 nitrogen and oxygen atoms in total. The Balaban J connectivity index is 1.69. The van der Waals surface area contributed by atoms with Gasteiger partial charge in [0.05, 0.1) is 5.56 Å². The maximum absolute atomic E-state index is 12.7. The molecule has 10 heteroatoms. The van der Waals surface area contributed by atoms with Crippen molar-refractivity contribution in [3.63, 3.8) is 0 Å². The summed E-state index contributed by atoms with van der Waals surface area (Å²) in [7, 11) is 0. The summed E-state index contributed by atoms with van der Waals surface area (Å²) in [5, 5.41) is 11.7. The fourth-order valence-corrected chi connectivity index (χ4v) is 3.13. The first-order chi connectivity index (χ1) is 14.5. The van der Waals surface area contributed by atoms with Crippen LogP contribution >= 0.6 is 11.6 Å². The number of aromatic nitrogens is 5. The van der Waals surface area contributed by atoms with Crippen LogP contribution in [0.3, 0.4) is 0 Å². The number of rotatable bonds is 6. The zero-order chi connectivity index (χ0) is 21.3. The molecular formula is C20H19ClN6O3. The molecule has 0 aliphatic carbocycles. The molecule has 0 aliphatic heterocycles. The van der Waals surface area contributed by atoms with Crippen molar-refractivity contribution in [2.75, 3.05) is 0 Å². The highest BCUT2D eigenvalue weighted by atomic mass is 35.5. The van der Waals surface area contributed by atoms with E-state index in [9.17, 15) is 9.59 Å². The smallest absolute Gasteiger partial charge is 0.350 e. The zero-order valence-electron chi connectivity index (χ0n) is 16.4. The minimum absolute atomic E-state index is 0.0177. The average molecular weight is 427 g/mol. The van der Waals surface area contributed by atoms with Gasteiger partial charge in [-0.25, -0.2) is 13.9 Å². The van der Waals surface area contributed by atoms with Crippen LogP contribution in [0.2, 0.25) is 5.02 Å². The summed E-state index contributed by atoms with van der Waals surface area (Å²) in [5.41, 5.74) is 1.08. The van der Waals surface area contributed by atoms with Gasteiger partial charge in [0.2, 0.25) is 11.7 Å². The van der Waals surface area contributed by atoms with Gasteiger partial charge in [-0.05, 0) is 37.6 Å². The van der Waals surface area contributed by atoms with Gasteiger partial charge in [-0.15, -0.1) is 5.10 Å². The first kappa shape index (κ1) is 19.8. The van der Waals surface area contributed by atoms with E-state index >= 15 is 0 Å². The second-order valence-corrected chi connectivity index (χ2v) is 7.30. The molecule has 154 valence electrons. The van der Waals surface area contributed by atoms with Gasteiger partial charge in [0.15, 0.2) is 5.65 Å². The number of fused-ring (bicyclic) bond motifs is 1. The number of halogens is 1. The molecule has 4 rings (SSSR count). The van der Waals surface area contributed by atoms with Crippen LogP contribution in [0.15, 0.2) is 51.9 Å². The third-order valence-electron chi connectivity index (χ3n) is 4.66. The Kier molecular flexibility index (Phi) is 5.37. The van der Waals surface area contributed by atoms with E-state index in [1.807, 2.05) is 19.9 Å². The second kappa shape index (κ2) is 8.11. The van der Waals surface area contributed by atoms with Gasteiger partial charge in [0.1, 0.15) is 6.54 Å². The number of amides is 1. The van der Waals surface area contributed by atoms with E-state index in [-0.39, 0.29) is 24.4 Å². The molecule has 1 N–H and O–H groups in total. The van der Waals surface area contributed by atoms with Crippen LogP contribution in [-0.2, 0) is 11.3 Å². The van der Waals surface area contributed by atoms with Crippen molar-refractivity contribution >= 4 is 23.2 Å². The SMILES string of the molecule is CCC(C)NC(=O)Cn1nc2c(-c3nc(-c4cccc(Cl)c4)no3)cccn2c1=O. The van der Waals surface area contributed by atoms with Crippen LogP contribution in [0.5, 0.6) is 0 Å². The molecule has 0 radical (unpaired) electrons. The van der Waals surface area contributed by atoms with Crippen molar-refractivity contribution in [3.05, 3.63) is 58.1 Å². The molecule has 1 unspecified atom stereocenters. The lowest BCUT2D eigenvalue weighted by atomic mass is 10.2.